The second kappa shape index (κ2) is 11.0. The number of aliphatic carboxylic acids is 2. The summed E-state index contributed by atoms with van der Waals surface area (Å²) in [6.45, 7) is 1.33. The van der Waals surface area contributed by atoms with Gasteiger partial charge in [0.2, 0.25) is 0 Å². The Balaban J connectivity index is 0.000000922. The van der Waals surface area contributed by atoms with Gasteiger partial charge in [0.05, 0.1) is 0 Å². The maximum atomic E-state index is 11.1. The van der Waals surface area contributed by atoms with Gasteiger partial charge >= 0.3 is 17.9 Å². The Morgan fingerprint density at radius 2 is 1.54 bits per heavy atom. The van der Waals surface area contributed by atoms with Crippen LogP contribution < -0.4 is 4.74 Å². The Bertz CT molecular complexity index is 559. The van der Waals surface area contributed by atoms with Crippen molar-refractivity contribution >= 4 is 49.8 Å². The number of benzene rings is 1. The van der Waals surface area contributed by atoms with Crippen molar-refractivity contribution in [3.63, 3.8) is 0 Å². The predicted molar refractivity (Wildman–Crippen MR) is 94.5 cm³/mol. The molecule has 0 heterocycles. The Morgan fingerprint density at radius 3 is 1.88 bits per heavy atom. The number of ether oxygens (including phenoxy) is 1. The maximum Gasteiger partial charge on any atom is 0.360 e. The molecule has 3 N–H and O–H groups in total. The summed E-state index contributed by atoms with van der Waals surface area (Å²) in [6.07, 6.45) is 0.867. The van der Waals surface area contributed by atoms with Gasteiger partial charge in [-0.2, -0.15) is 0 Å². The first-order valence-corrected chi connectivity index (χ1v) is 9.11. The largest absolute Gasteiger partial charge is 0.478 e. The number of aromatic carboxylic acids is 1. The van der Waals surface area contributed by atoms with Crippen LogP contribution in [0.2, 0.25) is 0 Å². The lowest BCUT2D eigenvalue weighted by Crippen LogP contribution is -2.51. The van der Waals surface area contributed by atoms with E-state index in [4.69, 9.17) is 20.1 Å². The molecule has 24 heavy (non-hydrogen) atoms. The van der Waals surface area contributed by atoms with E-state index in [0.717, 1.165) is 10.7 Å². The molecule has 0 saturated heterocycles. The van der Waals surface area contributed by atoms with Gasteiger partial charge in [-0.15, -0.1) is 0 Å². The van der Waals surface area contributed by atoms with Crippen LogP contribution in [0.25, 0.3) is 0 Å². The third-order valence-electron chi connectivity index (χ3n) is 2.86. The number of carbonyl (C=O) groups is 3. The number of rotatable bonds is 8. The third kappa shape index (κ3) is 6.12. The zero-order valence-electron chi connectivity index (χ0n) is 12.9. The molecular weight excluding hydrogens is 452 g/mol. The molecule has 0 unspecified atom stereocenters. The van der Waals surface area contributed by atoms with E-state index in [1.165, 1.54) is 37.6 Å². The highest BCUT2D eigenvalue weighted by molar-refractivity contribution is 9.09. The molecule has 0 amide bonds. The van der Waals surface area contributed by atoms with E-state index in [0.29, 0.717) is 0 Å². The minimum Gasteiger partial charge on any atom is -0.478 e. The maximum absolute atomic E-state index is 11.1. The van der Waals surface area contributed by atoms with E-state index in [9.17, 15) is 14.4 Å². The van der Waals surface area contributed by atoms with Crippen LogP contribution in [0.3, 0.4) is 0 Å². The molecule has 0 bridgehead atoms. The van der Waals surface area contributed by atoms with Crippen molar-refractivity contribution in [3.8, 4) is 5.75 Å². The molecule has 7 nitrogen and oxygen atoms in total. The predicted octanol–water partition coefficient (Wildman–Crippen LogP) is 3.25. The second-order valence-electron chi connectivity index (χ2n) is 4.43. The molecule has 0 aliphatic heterocycles. The van der Waals surface area contributed by atoms with Crippen LogP contribution >= 0.6 is 31.9 Å². The monoisotopic (exact) mass is 468 g/mol. The molecule has 0 saturated carbocycles. The van der Waals surface area contributed by atoms with Crippen LogP contribution in [0, 0.1) is 0 Å². The molecule has 0 spiro atoms. The molecule has 0 aliphatic carbocycles. The van der Waals surface area contributed by atoms with Gasteiger partial charge in [0.1, 0.15) is 11.3 Å². The normalized spacial score (nSPS) is 10.3. The fourth-order valence-corrected chi connectivity index (χ4v) is 2.84. The van der Waals surface area contributed by atoms with E-state index in [1.54, 1.807) is 0 Å². The average molecular weight is 470 g/mol. The van der Waals surface area contributed by atoms with Crippen LogP contribution in [-0.2, 0) is 9.59 Å². The van der Waals surface area contributed by atoms with Crippen molar-refractivity contribution in [2.75, 3.05) is 10.7 Å². The number of hydrogen-bond donors (Lipinski definition) is 3. The lowest BCUT2D eigenvalue weighted by Gasteiger charge is -2.25. The first kappa shape index (κ1) is 22.4. The van der Waals surface area contributed by atoms with Crippen molar-refractivity contribution in [2.45, 2.75) is 25.4 Å². The molecular formula is C15H18Br2O7. The van der Waals surface area contributed by atoms with Crippen molar-refractivity contribution in [1.29, 1.82) is 0 Å². The highest BCUT2D eigenvalue weighted by Crippen LogP contribution is 2.26. The van der Waals surface area contributed by atoms with Crippen molar-refractivity contribution in [2.24, 2.45) is 0 Å². The Kier molecular flexibility index (Phi) is 10.3. The van der Waals surface area contributed by atoms with Gasteiger partial charge in [-0.05, 0) is 18.6 Å². The topological polar surface area (TPSA) is 121 Å². The van der Waals surface area contributed by atoms with E-state index >= 15 is 0 Å². The molecule has 0 fully saturated rings. The lowest BCUT2D eigenvalue weighted by molar-refractivity contribution is -0.172. The Morgan fingerprint density at radius 1 is 1.04 bits per heavy atom. The zero-order valence-corrected chi connectivity index (χ0v) is 16.0. The second-order valence-corrected chi connectivity index (χ2v) is 6.01. The highest BCUT2D eigenvalue weighted by Gasteiger charge is 2.48. The lowest BCUT2D eigenvalue weighted by atomic mass is 10.0. The Labute approximate surface area is 155 Å². The van der Waals surface area contributed by atoms with Crippen molar-refractivity contribution in [1.82, 2.24) is 0 Å². The van der Waals surface area contributed by atoms with Crippen LogP contribution in [0.4, 0.5) is 0 Å². The third-order valence-corrected chi connectivity index (χ3v) is 3.98. The van der Waals surface area contributed by atoms with Gasteiger partial charge in [0.25, 0.3) is 5.60 Å². The average Bonchev–Trinajstić information content (AvgIpc) is 2.53. The number of carboxylic acid groups (broad SMARTS) is 3. The fraction of sp³-hybridized carbons (Fsp3) is 0.400. The standard InChI is InChI=1S/C12H12O7.C3H6Br2/c1-2-12(10(15)16,11(17)18)19-8-6-4-3-5-7(8)9(13)14;4-2-1-3-5/h3-6H,2H2,1H3,(H,13,14)(H,15,16)(H,17,18);1-3H2. The number of halogens is 2. The summed E-state index contributed by atoms with van der Waals surface area (Å²) >= 11 is 6.56. The number of hydrogen-bond acceptors (Lipinski definition) is 4. The molecule has 1 rings (SSSR count). The van der Waals surface area contributed by atoms with Gasteiger partial charge in [-0.3, -0.25) is 0 Å². The van der Waals surface area contributed by atoms with Crippen LogP contribution in [0.15, 0.2) is 24.3 Å². The van der Waals surface area contributed by atoms with Gasteiger partial charge < -0.3 is 20.1 Å². The smallest absolute Gasteiger partial charge is 0.360 e. The molecule has 134 valence electrons. The summed E-state index contributed by atoms with van der Waals surface area (Å²) in [5, 5.41) is 29.2. The summed E-state index contributed by atoms with van der Waals surface area (Å²) in [7, 11) is 0. The van der Waals surface area contributed by atoms with Crippen LogP contribution in [0.5, 0.6) is 5.75 Å². The first-order chi connectivity index (χ1) is 11.3. The first-order valence-electron chi connectivity index (χ1n) is 6.86. The summed E-state index contributed by atoms with van der Waals surface area (Å²) in [5.74, 6) is -5.02. The fourth-order valence-electron chi connectivity index (χ4n) is 1.52. The highest BCUT2D eigenvalue weighted by atomic mass is 79.9. The summed E-state index contributed by atoms with van der Waals surface area (Å²) in [6, 6.07) is 5.25. The zero-order chi connectivity index (χ0) is 18.8. The summed E-state index contributed by atoms with van der Waals surface area (Å²) in [4.78, 5) is 33.2. The SMILES string of the molecule is BrCCCBr.CCC(Oc1ccccc1C(=O)O)(C(=O)O)C(=O)O. The Hall–Kier alpha value is -1.61. The molecule has 1 aromatic carbocycles. The van der Waals surface area contributed by atoms with Gasteiger partial charge in [0.15, 0.2) is 0 Å². The quantitative estimate of drug-likeness (QED) is 0.394. The molecule has 0 radical (unpaired) electrons. The van der Waals surface area contributed by atoms with Crippen LogP contribution in [-0.4, -0.2) is 49.5 Å². The molecule has 1 aromatic rings. The number of alkyl halides is 2. The van der Waals surface area contributed by atoms with Crippen molar-refractivity contribution < 1.29 is 34.4 Å². The minimum atomic E-state index is -2.51. The molecule has 0 aromatic heterocycles. The van der Waals surface area contributed by atoms with E-state index in [1.807, 2.05) is 0 Å². The van der Waals surface area contributed by atoms with E-state index in [-0.39, 0.29) is 17.7 Å². The van der Waals surface area contributed by atoms with Gasteiger partial charge in [0, 0.05) is 17.1 Å². The number of para-hydroxylation sites is 1. The van der Waals surface area contributed by atoms with E-state index in [2.05, 4.69) is 31.9 Å². The molecule has 9 heteroatoms. The summed E-state index contributed by atoms with van der Waals surface area (Å²) in [5.41, 5.74) is -2.81. The minimum absolute atomic E-state index is 0.303. The van der Waals surface area contributed by atoms with E-state index < -0.39 is 23.5 Å². The van der Waals surface area contributed by atoms with Crippen LogP contribution in [0.1, 0.15) is 30.1 Å². The summed E-state index contributed by atoms with van der Waals surface area (Å²) < 4.78 is 4.99. The molecule has 0 atom stereocenters. The molecule has 0 aliphatic rings. The van der Waals surface area contributed by atoms with Gasteiger partial charge in [-0.25, -0.2) is 14.4 Å². The van der Waals surface area contributed by atoms with Gasteiger partial charge in [-0.1, -0.05) is 50.9 Å². The number of carboxylic acids is 3. The van der Waals surface area contributed by atoms with Crippen molar-refractivity contribution in [3.05, 3.63) is 29.8 Å².